The Hall–Kier alpha value is -0.900. The Morgan fingerprint density at radius 3 is 2.68 bits per heavy atom. The van der Waals surface area contributed by atoms with Crippen LogP contribution in [0.4, 0.5) is 0 Å². The molecular weight excluding hydrogens is 236 g/mol. The highest BCUT2D eigenvalue weighted by Gasteiger charge is 2.29. The molecule has 3 rings (SSSR count). The second kappa shape index (κ2) is 6.04. The van der Waals surface area contributed by atoms with Crippen LogP contribution in [0, 0.1) is 0 Å². The summed E-state index contributed by atoms with van der Waals surface area (Å²) in [4.78, 5) is 2.50. The molecule has 2 unspecified atom stereocenters. The molecule has 1 aromatic rings. The lowest BCUT2D eigenvalue weighted by Gasteiger charge is -2.33. The van der Waals surface area contributed by atoms with Gasteiger partial charge in [-0.2, -0.15) is 0 Å². The molecule has 3 nitrogen and oxygen atoms in total. The number of hydrogen-bond donors (Lipinski definition) is 1. The lowest BCUT2D eigenvalue weighted by Crippen LogP contribution is -2.40. The third-order valence-corrected chi connectivity index (χ3v) is 4.33. The first kappa shape index (κ1) is 13.1. The number of ether oxygens (including phenoxy) is 1. The molecule has 1 saturated heterocycles. The SMILES string of the molecule is CN(C1CCOC1)C(CNC1CC1)c1ccccc1. The van der Waals surface area contributed by atoms with Crippen LogP contribution in [0.3, 0.4) is 0 Å². The molecule has 1 N–H and O–H groups in total. The van der Waals surface area contributed by atoms with Crippen LogP contribution < -0.4 is 5.32 Å². The monoisotopic (exact) mass is 260 g/mol. The fraction of sp³-hybridized carbons (Fsp3) is 0.625. The molecule has 0 bridgehead atoms. The molecule has 0 aromatic heterocycles. The Labute approximate surface area is 115 Å². The van der Waals surface area contributed by atoms with Gasteiger partial charge in [-0.25, -0.2) is 0 Å². The van der Waals surface area contributed by atoms with E-state index in [-0.39, 0.29) is 0 Å². The first-order valence-corrected chi connectivity index (χ1v) is 7.42. The van der Waals surface area contributed by atoms with Gasteiger partial charge in [-0.15, -0.1) is 0 Å². The zero-order chi connectivity index (χ0) is 13.1. The number of hydrogen-bond acceptors (Lipinski definition) is 3. The van der Waals surface area contributed by atoms with E-state index in [0.29, 0.717) is 12.1 Å². The first-order valence-electron chi connectivity index (χ1n) is 7.42. The van der Waals surface area contributed by atoms with Crippen molar-refractivity contribution in [2.75, 3.05) is 26.8 Å². The van der Waals surface area contributed by atoms with Crippen molar-refractivity contribution in [2.24, 2.45) is 0 Å². The minimum atomic E-state index is 0.452. The van der Waals surface area contributed by atoms with Crippen LogP contribution in [0.15, 0.2) is 30.3 Å². The molecule has 3 heteroatoms. The summed E-state index contributed by atoms with van der Waals surface area (Å²) in [5.41, 5.74) is 1.41. The average molecular weight is 260 g/mol. The maximum absolute atomic E-state index is 5.54. The predicted octanol–water partition coefficient (Wildman–Crippen LogP) is 2.20. The molecule has 0 amide bonds. The van der Waals surface area contributed by atoms with Crippen molar-refractivity contribution in [3.05, 3.63) is 35.9 Å². The third kappa shape index (κ3) is 3.35. The number of nitrogens with one attached hydrogen (secondary N) is 1. The summed E-state index contributed by atoms with van der Waals surface area (Å²) in [5, 5.41) is 3.68. The zero-order valence-corrected chi connectivity index (χ0v) is 11.7. The van der Waals surface area contributed by atoms with Crippen LogP contribution in [-0.2, 0) is 4.74 Å². The van der Waals surface area contributed by atoms with Crippen molar-refractivity contribution in [2.45, 2.75) is 37.4 Å². The van der Waals surface area contributed by atoms with E-state index < -0.39 is 0 Å². The molecule has 0 radical (unpaired) electrons. The van der Waals surface area contributed by atoms with Gasteiger partial charge in [0.1, 0.15) is 0 Å². The second-order valence-corrected chi connectivity index (χ2v) is 5.79. The van der Waals surface area contributed by atoms with Gasteiger partial charge in [0.25, 0.3) is 0 Å². The Balaban J connectivity index is 1.70. The second-order valence-electron chi connectivity index (χ2n) is 5.79. The summed E-state index contributed by atoms with van der Waals surface area (Å²) >= 11 is 0. The predicted molar refractivity (Wildman–Crippen MR) is 77.2 cm³/mol. The molecule has 0 spiro atoms. The molecule has 1 aromatic carbocycles. The van der Waals surface area contributed by atoms with Gasteiger partial charge in [-0.05, 0) is 31.9 Å². The van der Waals surface area contributed by atoms with Crippen molar-refractivity contribution in [1.82, 2.24) is 10.2 Å². The van der Waals surface area contributed by atoms with E-state index in [2.05, 4.69) is 47.6 Å². The van der Waals surface area contributed by atoms with Crippen LogP contribution in [0.25, 0.3) is 0 Å². The minimum absolute atomic E-state index is 0.452. The van der Waals surface area contributed by atoms with Gasteiger partial charge in [0.15, 0.2) is 0 Å². The molecule has 2 aliphatic rings. The fourth-order valence-corrected chi connectivity index (χ4v) is 2.84. The van der Waals surface area contributed by atoms with Gasteiger partial charge in [0.05, 0.1) is 6.61 Å². The summed E-state index contributed by atoms with van der Waals surface area (Å²) in [6.07, 6.45) is 3.85. The molecule has 1 aliphatic carbocycles. The summed E-state index contributed by atoms with van der Waals surface area (Å²) in [6, 6.07) is 12.6. The van der Waals surface area contributed by atoms with E-state index in [1.54, 1.807) is 0 Å². The number of nitrogens with zero attached hydrogens (tertiary/aromatic N) is 1. The number of likely N-dealkylation sites (N-methyl/N-ethyl adjacent to an activating group) is 1. The molecule has 2 fully saturated rings. The van der Waals surface area contributed by atoms with E-state index in [9.17, 15) is 0 Å². The van der Waals surface area contributed by atoms with Crippen molar-refractivity contribution in [3.8, 4) is 0 Å². The Morgan fingerprint density at radius 1 is 1.26 bits per heavy atom. The van der Waals surface area contributed by atoms with Gasteiger partial charge in [-0.1, -0.05) is 30.3 Å². The molecule has 2 atom stereocenters. The maximum atomic E-state index is 5.54. The van der Waals surface area contributed by atoms with Gasteiger partial charge in [0.2, 0.25) is 0 Å². The summed E-state index contributed by atoms with van der Waals surface area (Å²) in [5.74, 6) is 0. The average Bonchev–Trinajstić information content (AvgIpc) is 3.11. The highest BCUT2D eigenvalue weighted by molar-refractivity contribution is 5.20. The first-order chi connectivity index (χ1) is 9.34. The van der Waals surface area contributed by atoms with E-state index in [1.165, 1.54) is 18.4 Å². The van der Waals surface area contributed by atoms with Gasteiger partial charge in [0, 0.05) is 31.3 Å². The van der Waals surface area contributed by atoms with Crippen LogP contribution >= 0.6 is 0 Å². The zero-order valence-electron chi connectivity index (χ0n) is 11.7. The Kier molecular flexibility index (Phi) is 4.16. The highest BCUT2D eigenvalue weighted by atomic mass is 16.5. The topological polar surface area (TPSA) is 24.5 Å². The standard InChI is InChI=1S/C16H24N2O/c1-18(15-9-10-19-12-15)16(11-17-14-7-8-14)13-5-3-2-4-6-13/h2-6,14-17H,7-12H2,1H3. The van der Waals surface area contributed by atoms with Gasteiger partial charge >= 0.3 is 0 Å². The van der Waals surface area contributed by atoms with Crippen molar-refractivity contribution >= 4 is 0 Å². The fourth-order valence-electron chi connectivity index (χ4n) is 2.84. The van der Waals surface area contributed by atoms with Gasteiger partial charge in [-0.3, -0.25) is 4.90 Å². The molecule has 1 saturated carbocycles. The van der Waals surface area contributed by atoms with E-state index in [1.807, 2.05) is 0 Å². The lowest BCUT2D eigenvalue weighted by atomic mass is 10.0. The minimum Gasteiger partial charge on any atom is -0.380 e. The van der Waals surface area contributed by atoms with Crippen molar-refractivity contribution in [1.29, 1.82) is 0 Å². The quantitative estimate of drug-likeness (QED) is 0.848. The third-order valence-electron chi connectivity index (χ3n) is 4.33. The van der Waals surface area contributed by atoms with Crippen molar-refractivity contribution in [3.63, 3.8) is 0 Å². The summed E-state index contributed by atoms with van der Waals surface area (Å²) in [6.45, 7) is 2.83. The van der Waals surface area contributed by atoms with Crippen LogP contribution in [0.1, 0.15) is 30.9 Å². The highest BCUT2D eigenvalue weighted by Crippen LogP contribution is 2.26. The molecule has 1 aliphatic heterocycles. The van der Waals surface area contributed by atoms with E-state index in [0.717, 1.165) is 32.2 Å². The van der Waals surface area contributed by atoms with Crippen LogP contribution in [0.2, 0.25) is 0 Å². The van der Waals surface area contributed by atoms with Crippen LogP contribution in [-0.4, -0.2) is 43.8 Å². The molecule has 19 heavy (non-hydrogen) atoms. The normalized spacial score (nSPS) is 24.8. The Morgan fingerprint density at radius 2 is 2.05 bits per heavy atom. The largest absolute Gasteiger partial charge is 0.380 e. The maximum Gasteiger partial charge on any atom is 0.0622 e. The molecule has 104 valence electrons. The summed E-state index contributed by atoms with van der Waals surface area (Å²) in [7, 11) is 2.24. The van der Waals surface area contributed by atoms with E-state index >= 15 is 0 Å². The van der Waals surface area contributed by atoms with Gasteiger partial charge < -0.3 is 10.1 Å². The lowest BCUT2D eigenvalue weighted by molar-refractivity contribution is 0.131. The smallest absolute Gasteiger partial charge is 0.0622 e. The van der Waals surface area contributed by atoms with Crippen LogP contribution in [0.5, 0.6) is 0 Å². The Bertz CT molecular complexity index is 385. The number of benzene rings is 1. The van der Waals surface area contributed by atoms with Crippen molar-refractivity contribution < 1.29 is 4.74 Å². The number of rotatable bonds is 6. The molecular formula is C16H24N2O. The van der Waals surface area contributed by atoms with E-state index in [4.69, 9.17) is 4.74 Å². The summed E-state index contributed by atoms with van der Waals surface area (Å²) < 4.78 is 5.54. The molecule has 1 heterocycles.